The van der Waals surface area contributed by atoms with Crippen molar-refractivity contribution in [2.24, 2.45) is 0 Å². The minimum absolute atomic E-state index is 0. The van der Waals surface area contributed by atoms with Crippen molar-refractivity contribution in [1.29, 1.82) is 0 Å². The molecule has 0 spiro atoms. The summed E-state index contributed by atoms with van der Waals surface area (Å²) in [5, 5.41) is 0. The van der Waals surface area contributed by atoms with Crippen molar-refractivity contribution in [1.82, 2.24) is 0 Å². The minimum Gasteiger partial charge on any atom is 0 e. The zero-order chi connectivity index (χ0) is 4.50. The summed E-state index contributed by atoms with van der Waals surface area (Å²) in [7, 11) is 0. The molecule has 0 N–H and O–H groups in total. The van der Waals surface area contributed by atoms with Crippen molar-refractivity contribution in [2.45, 2.75) is 0 Å². The topological polar surface area (TPSA) is 86.2 Å². The summed E-state index contributed by atoms with van der Waals surface area (Å²) >= 11 is -5.88. The van der Waals surface area contributed by atoms with E-state index in [0.29, 0.717) is 0 Å². The molecule has 0 aromatic rings. The van der Waals surface area contributed by atoms with Crippen LogP contribution in [0.15, 0.2) is 0 Å². The second-order valence-corrected chi connectivity index (χ2v) is 2.32. The largest absolute Gasteiger partial charge is 0 e. The fourth-order valence-corrected chi connectivity index (χ4v) is 0. The molecule has 0 aromatic heterocycles. The van der Waals surface area contributed by atoms with E-state index in [1.165, 1.54) is 0 Å². The van der Waals surface area contributed by atoms with Gasteiger partial charge in [-0.1, -0.05) is 0 Å². The fourth-order valence-electron chi connectivity index (χ4n) is 0. The first-order valence-corrected chi connectivity index (χ1v) is 3.79. The molecule has 0 aliphatic heterocycles. The Bertz CT molecular complexity index is 53.7. The molecule has 0 fully saturated rings. The third kappa shape index (κ3) is 95.6. The van der Waals surface area contributed by atoms with Crippen LogP contribution >= 0.6 is 0 Å². The van der Waals surface area contributed by atoms with E-state index in [0.717, 1.165) is 0 Å². The molecule has 0 amide bonds. The first-order valence-electron chi connectivity index (χ1n) is 0.730. The molecule has 40 valence electrons. The van der Waals surface area contributed by atoms with E-state index in [-0.39, 0.29) is 19.8 Å². The van der Waals surface area contributed by atoms with Gasteiger partial charge < -0.3 is 0 Å². The maximum Gasteiger partial charge on any atom is 0 e. The van der Waals surface area contributed by atoms with Gasteiger partial charge in [0.05, 0.1) is 0 Å². The quantitative estimate of drug-likeness (QED) is 0.423. The Morgan fingerprint density at radius 3 is 1.17 bits per heavy atom. The molecule has 0 bridgehead atoms. The van der Waals surface area contributed by atoms with Crippen molar-refractivity contribution >= 4 is 14.5 Å². The van der Waals surface area contributed by atoms with Gasteiger partial charge in [0.1, 0.15) is 0 Å². The Kier molecular flexibility index (Phi) is 4.92. The van der Waals surface area contributed by atoms with Crippen LogP contribution in [0.1, 0.15) is 0 Å². The molecule has 0 aliphatic carbocycles. The third-order valence-corrected chi connectivity index (χ3v) is 0. The Hall–Kier alpha value is 0.875. The molecular weight excluding hydrogens is 329 g/mol. The van der Waals surface area contributed by atoms with Crippen LogP contribution in [0, 0.1) is 0 Å². The van der Waals surface area contributed by atoms with Crippen molar-refractivity contribution in [3.8, 4) is 0 Å². The number of hydrogen-bond acceptors (Lipinski definition) is 4. The van der Waals surface area contributed by atoms with Gasteiger partial charge in [0.2, 0.25) is 0 Å². The van der Waals surface area contributed by atoms with Gasteiger partial charge >= 0.3 is 30.5 Å². The zero-order valence-electron chi connectivity index (χ0n) is 2.43. The van der Waals surface area contributed by atoms with E-state index in [1.807, 2.05) is 0 Å². The molecule has 0 saturated heterocycles. The molecule has 0 atom stereocenters. The summed E-state index contributed by atoms with van der Waals surface area (Å²) in [6, 6.07) is 0. The van der Waals surface area contributed by atoms with Gasteiger partial charge in [-0.05, 0) is 0 Å². The van der Waals surface area contributed by atoms with Gasteiger partial charge in [0.25, 0.3) is 0 Å². The fraction of sp³-hybridized carbons (Fsp3) is 0. The predicted molar refractivity (Wildman–Crippen MR) is 6.44 cm³/mol. The normalized spacial score (nSPS) is 9.83. The van der Waals surface area contributed by atoms with E-state index in [2.05, 4.69) is 0 Å². The molecule has 0 heterocycles. The Morgan fingerprint density at radius 1 is 1.17 bits per heavy atom. The summed E-state index contributed by atoms with van der Waals surface area (Å²) in [6.07, 6.45) is 0. The van der Waals surface area contributed by atoms with Gasteiger partial charge in [-0.25, -0.2) is 0 Å². The number of rotatable bonds is 0. The Balaban J connectivity index is 0. The molecular formula is AsO4Os-3. The van der Waals surface area contributed by atoms with E-state index in [9.17, 15) is 0 Å². The van der Waals surface area contributed by atoms with E-state index in [1.54, 1.807) is 0 Å². The molecule has 0 aromatic carbocycles. The van der Waals surface area contributed by atoms with E-state index in [4.69, 9.17) is 16.0 Å². The van der Waals surface area contributed by atoms with Crippen LogP contribution in [0.2, 0.25) is 0 Å². The number of hydrogen-bond donors (Lipinski definition) is 0. The average molecular weight is 329 g/mol. The van der Waals surface area contributed by atoms with Crippen LogP contribution in [0.5, 0.6) is 0 Å². The summed E-state index contributed by atoms with van der Waals surface area (Å²) in [6.45, 7) is 0. The summed E-state index contributed by atoms with van der Waals surface area (Å²) < 4.78 is 34.4. The van der Waals surface area contributed by atoms with Gasteiger partial charge in [0.15, 0.2) is 0 Å². The van der Waals surface area contributed by atoms with Crippen molar-refractivity contribution in [3.05, 3.63) is 0 Å². The van der Waals surface area contributed by atoms with Crippen LogP contribution < -0.4 is 12.3 Å². The molecule has 0 aliphatic rings. The smallest absolute Gasteiger partial charge is 0 e. The molecule has 6 heavy (non-hydrogen) atoms. The first kappa shape index (κ1) is 9.98. The van der Waals surface area contributed by atoms with Crippen LogP contribution in [-0.2, 0) is 23.5 Å². The monoisotopic (exact) mass is 331 g/mol. The maximum absolute atomic E-state index is 8.61. The summed E-state index contributed by atoms with van der Waals surface area (Å²) in [4.78, 5) is 0. The summed E-state index contributed by atoms with van der Waals surface area (Å²) in [5.41, 5.74) is 0. The Labute approximate surface area is 50.6 Å². The molecule has 4 nitrogen and oxygen atoms in total. The summed E-state index contributed by atoms with van der Waals surface area (Å²) in [5.74, 6) is 0. The Morgan fingerprint density at radius 2 is 1.17 bits per heavy atom. The van der Waals surface area contributed by atoms with Gasteiger partial charge in [0, 0.05) is 19.8 Å². The maximum atomic E-state index is 8.61. The SMILES string of the molecule is O=[As]([O-])([O-])[O-].[Os]. The first-order chi connectivity index (χ1) is 2.00. The van der Waals surface area contributed by atoms with Crippen molar-refractivity contribution in [3.63, 3.8) is 0 Å². The van der Waals surface area contributed by atoms with Crippen molar-refractivity contribution < 1.29 is 35.8 Å². The minimum atomic E-state index is -5.88. The predicted octanol–water partition coefficient (Wildman–Crippen LogP) is -4.07. The van der Waals surface area contributed by atoms with Crippen LogP contribution in [0.4, 0.5) is 0 Å². The van der Waals surface area contributed by atoms with Crippen LogP contribution in [0.25, 0.3) is 0 Å². The molecule has 0 saturated carbocycles. The van der Waals surface area contributed by atoms with Crippen LogP contribution in [-0.4, -0.2) is 14.5 Å². The van der Waals surface area contributed by atoms with Crippen molar-refractivity contribution in [2.75, 3.05) is 0 Å². The second-order valence-electron chi connectivity index (χ2n) is 0.447. The molecule has 0 unspecified atom stereocenters. The van der Waals surface area contributed by atoms with Gasteiger partial charge in [-0.15, -0.1) is 0 Å². The zero-order valence-corrected chi connectivity index (χ0v) is 6.85. The standard InChI is InChI=1S/AsH3O4.Os/c2-1(3,4)5;/h(H3,2,3,4,5);/p-3. The van der Waals surface area contributed by atoms with Gasteiger partial charge in [-0.2, -0.15) is 0 Å². The molecule has 0 radical (unpaired) electrons. The molecule has 0 rings (SSSR count). The average Bonchev–Trinajstić information content (AvgIpc) is 0.722. The van der Waals surface area contributed by atoms with Gasteiger partial charge in [-0.3, -0.25) is 0 Å². The van der Waals surface area contributed by atoms with Crippen LogP contribution in [0.3, 0.4) is 0 Å². The molecule has 6 heteroatoms. The third-order valence-electron chi connectivity index (χ3n) is 0. The van der Waals surface area contributed by atoms with E-state index >= 15 is 0 Å². The second kappa shape index (κ2) is 2.95. The van der Waals surface area contributed by atoms with E-state index < -0.39 is 14.5 Å².